The molecule has 0 atom stereocenters. The molecule has 140 valence electrons. The second-order valence-corrected chi connectivity index (χ2v) is 6.03. The van der Waals surface area contributed by atoms with Gasteiger partial charge in [0.25, 0.3) is 0 Å². The summed E-state index contributed by atoms with van der Waals surface area (Å²) in [5.74, 6) is 0.576. The number of rotatable bonds is 7. The highest BCUT2D eigenvalue weighted by molar-refractivity contribution is 5.74. The van der Waals surface area contributed by atoms with Crippen molar-refractivity contribution in [2.24, 2.45) is 0 Å². The summed E-state index contributed by atoms with van der Waals surface area (Å²) in [5.41, 5.74) is 3.36. The minimum absolute atomic E-state index is 0.0200. The summed E-state index contributed by atoms with van der Waals surface area (Å²) < 4.78 is 7.70. The van der Waals surface area contributed by atoms with E-state index < -0.39 is 0 Å². The lowest BCUT2D eigenvalue weighted by molar-refractivity contribution is 0.223. The molecular weight excluding hydrogens is 352 g/mol. The summed E-state index contributed by atoms with van der Waals surface area (Å²) in [6.07, 6.45) is 1.53. The van der Waals surface area contributed by atoms with Crippen LogP contribution >= 0.6 is 0 Å². The number of nitrogens with zero attached hydrogens (tertiary/aromatic N) is 6. The third kappa shape index (κ3) is 3.94. The van der Waals surface area contributed by atoms with E-state index in [2.05, 4.69) is 29.1 Å². The maximum atomic E-state index is 9.08. The zero-order chi connectivity index (χ0) is 19.9. The van der Waals surface area contributed by atoms with E-state index in [9.17, 15) is 0 Å². The van der Waals surface area contributed by atoms with Crippen LogP contribution in [0.2, 0.25) is 0 Å². The van der Waals surface area contributed by atoms with Gasteiger partial charge in [-0.25, -0.2) is 4.68 Å². The van der Waals surface area contributed by atoms with Crippen molar-refractivity contribution in [2.45, 2.75) is 20.6 Å². The predicted octanol–water partition coefficient (Wildman–Crippen LogP) is 3.74. The average molecular weight is 372 g/mol. The van der Waals surface area contributed by atoms with Gasteiger partial charge in [0.2, 0.25) is 0 Å². The SMILES string of the molecule is CCN(CC)c1ccc(C=C(C#N)C#N)c(OCn2nnc3ccccc32)c1. The van der Waals surface area contributed by atoms with Crippen LogP contribution in [0.5, 0.6) is 5.75 Å². The van der Waals surface area contributed by atoms with Crippen LogP contribution < -0.4 is 9.64 Å². The van der Waals surface area contributed by atoms with E-state index in [1.54, 1.807) is 4.68 Å². The molecule has 0 bridgehead atoms. The fourth-order valence-electron chi connectivity index (χ4n) is 2.94. The van der Waals surface area contributed by atoms with Crippen molar-refractivity contribution in [3.05, 3.63) is 53.6 Å². The first-order chi connectivity index (χ1) is 13.7. The number of benzene rings is 2. The Bertz CT molecular complexity index is 1070. The molecule has 0 aliphatic heterocycles. The topological polar surface area (TPSA) is 90.8 Å². The van der Waals surface area contributed by atoms with Crippen molar-refractivity contribution in [3.8, 4) is 17.9 Å². The third-order valence-electron chi connectivity index (χ3n) is 4.43. The molecular formula is C21H20N6O. The highest BCUT2D eigenvalue weighted by Crippen LogP contribution is 2.28. The molecule has 0 N–H and O–H groups in total. The molecule has 0 aliphatic carbocycles. The van der Waals surface area contributed by atoms with E-state index in [1.807, 2.05) is 54.6 Å². The smallest absolute Gasteiger partial charge is 0.183 e. The lowest BCUT2D eigenvalue weighted by Crippen LogP contribution is -2.21. The van der Waals surface area contributed by atoms with Gasteiger partial charge < -0.3 is 9.64 Å². The molecule has 28 heavy (non-hydrogen) atoms. The molecule has 1 aromatic heterocycles. The van der Waals surface area contributed by atoms with Crippen LogP contribution in [0.25, 0.3) is 17.1 Å². The average Bonchev–Trinajstić information content (AvgIpc) is 3.15. The quantitative estimate of drug-likeness (QED) is 0.587. The summed E-state index contributed by atoms with van der Waals surface area (Å²) in [5, 5.41) is 26.4. The molecule has 0 fully saturated rings. The number of allylic oxidation sites excluding steroid dienone is 1. The summed E-state index contributed by atoms with van der Waals surface area (Å²) in [4.78, 5) is 2.20. The Hall–Kier alpha value is -3.84. The Morgan fingerprint density at radius 2 is 1.89 bits per heavy atom. The molecule has 0 aliphatic rings. The fraction of sp³-hybridized carbons (Fsp3) is 0.238. The van der Waals surface area contributed by atoms with Gasteiger partial charge in [-0.05, 0) is 44.2 Å². The molecule has 7 nitrogen and oxygen atoms in total. The van der Waals surface area contributed by atoms with Crippen LogP contribution in [0, 0.1) is 22.7 Å². The first kappa shape index (κ1) is 18.9. The number of anilines is 1. The molecule has 0 unspecified atom stereocenters. The minimum Gasteiger partial charge on any atom is -0.470 e. The number of fused-ring (bicyclic) bond motifs is 1. The van der Waals surface area contributed by atoms with Crippen LogP contribution in [0.4, 0.5) is 5.69 Å². The van der Waals surface area contributed by atoms with E-state index >= 15 is 0 Å². The van der Waals surface area contributed by atoms with Crippen LogP contribution in [0.3, 0.4) is 0 Å². The van der Waals surface area contributed by atoms with E-state index in [-0.39, 0.29) is 12.3 Å². The number of ether oxygens (including phenoxy) is 1. The van der Waals surface area contributed by atoms with Crippen molar-refractivity contribution < 1.29 is 4.74 Å². The Balaban J connectivity index is 1.96. The number of hydrogen-bond acceptors (Lipinski definition) is 6. The van der Waals surface area contributed by atoms with Crippen LogP contribution in [-0.2, 0) is 6.73 Å². The third-order valence-corrected chi connectivity index (χ3v) is 4.43. The minimum atomic E-state index is 0.0200. The zero-order valence-electron chi connectivity index (χ0n) is 15.8. The Morgan fingerprint density at radius 3 is 2.61 bits per heavy atom. The normalized spacial score (nSPS) is 10.1. The summed E-state index contributed by atoms with van der Waals surface area (Å²) in [6.45, 7) is 6.06. The van der Waals surface area contributed by atoms with Crippen molar-refractivity contribution in [1.29, 1.82) is 10.5 Å². The van der Waals surface area contributed by atoms with Crippen LogP contribution in [-0.4, -0.2) is 28.1 Å². The van der Waals surface area contributed by atoms with Gasteiger partial charge in [0, 0.05) is 30.4 Å². The Morgan fingerprint density at radius 1 is 1.14 bits per heavy atom. The van der Waals surface area contributed by atoms with Gasteiger partial charge in [0.1, 0.15) is 29.0 Å². The summed E-state index contributed by atoms with van der Waals surface area (Å²) >= 11 is 0. The first-order valence-electron chi connectivity index (χ1n) is 9.02. The molecule has 0 radical (unpaired) electrons. The fourth-order valence-corrected chi connectivity index (χ4v) is 2.94. The molecule has 3 aromatic rings. The van der Waals surface area contributed by atoms with Crippen LogP contribution in [0.15, 0.2) is 48.0 Å². The predicted molar refractivity (Wildman–Crippen MR) is 107 cm³/mol. The van der Waals surface area contributed by atoms with Gasteiger partial charge in [-0.2, -0.15) is 10.5 Å². The Labute approximate surface area is 163 Å². The molecule has 0 saturated carbocycles. The second kappa shape index (κ2) is 8.70. The Kier molecular flexibility index (Phi) is 5.88. The first-order valence-corrected chi connectivity index (χ1v) is 9.02. The van der Waals surface area contributed by atoms with Crippen molar-refractivity contribution >= 4 is 22.8 Å². The van der Waals surface area contributed by atoms with E-state index in [1.165, 1.54) is 6.08 Å². The molecule has 1 heterocycles. The highest BCUT2D eigenvalue weighted by Gasteiger charge is 2.10. The molecule has 0 saturated heterocycles. The number of aromatic nitrogens is 3. The maximum Gasteiger partial charge on any atom is 0.183 e. The molecule has 2 aromatic carbocycles. The molecule has 7 heteroatoms. The van der Waals surface area contributed by atoms with E-state index in [0.717, 1.165) is 29.8 Å². The summed E-state index contributed by atoms with van der Waals surface area (Å²) in [6, 6.07) is 17.2. The van der Waals surface area contributed by atoms with E-state index in [4.69, 9.17) is 15.3 Å². The molecule has 3 rings (SSSR count). The van der Waals surface area contributed by atoms with Crippen molar-refractivity contribution in [3.63, 3.8) is 0 Å². The van der Waals surface area contributed by atoms with E-state index in [0.29, 0.717) is 11.3 Å². The van der Waals surface area contributed by atoms with Gasteiger partial charge in [-0.3, -0.25) is 0 Å². The standard InChI is InChI=1S/C21H20N6O/c1-3-26(4-2)18-10-9-17(11-16(13-22)14-23)21(12-18)28-15-27-20-8-6-5-7-19(20)24-25-27/h5-12H,3-4,15H2,1-2H3. The van der Waals surface area contributed by atoms with Crippen molar-refractivity contribution in [1.82, 2.24) is 15.0 Å². The monoisotopic (exact) mass is 372 g/mol. The zero-order valence-corrected chi connectivity index (χ0v) is 15.8. The van der Waals surface area contributed by atoms with Gasteiger partial charge in [-0.15, -0.1) is 5.10 Å². The highest BCUT2D eigenvalue weighted by atomic mass is 16.5. The number of para-hydroxylation sites is 1. The van der Waals surface area contributed by atoms with Crippen molar-refractivity contribution in [2.75, 3.05) is 18.0 Å². The largest absolute Gasteiger partial charge is 0.470 e. The second-order valence-electron chi connectivity index (χ2n) is 6.03. The summed E-state index contributed by atoms with van der Waals surface area (Å²) in [7, 11) is 0. The van der Waals surface area contributed by atoms with Gasteiger partial charge in [-0.1, -0.05) is 17.3 Å². The number of nitriles is 2. The van der Waals surface area contributed by atoms with Gasteiger partial charge in [0.05, 0.1) is 5.52 Å². The molecule has 0 spiro atoms. The maximum absolute atomic E-state index is 9.08. The van der Waals surface area contributed by atoms with Crippen LogP contribution in [0.1, 0.15) is 19.4 Å². The number of hydrogen-bond donors (Lipinski definition) is 0. The van der Waals surface area contributed by atoms with Gasteiger partial charge in [0.15, 0.2) is 6.73 Å². The molecule has 0 amide bonds. The van der Waals surface area contributed by atoms with Gasteiger partial charge >= 0.3 is 0 Å². The lowest BCUT2D eigenvalue weighted by atomic mass is 10.1. The lowest BCUT2D eigenvalue weighted by Gasteiger charge is -2.22.